The first kappa shape index (κ1) is 26.8. The highest BCUT2D eigenvalue weighted by atomic mass is 19.1. The molecule has 0 aromatic carbocycles. The summed E-state index contributed by atoms with van der Waals surface area (Å²) in [5.74, 6) is 0.525. The average Bonchev–Trinajstić information content (AvgIpc) is 2.98. The molecule has 7 rings (SSSR count). The van der Waals surface area contributed by atoms with E-state index in [1.54, 1.807) is 18.2 Å². The van der Waals surface area contributed by atoms with Crippen LogP contribution in [-0.4, -0.2) is 74.7 Å². The van der Waals surface area contributed by atoms with Crippen LogP contribution >= 0.6 is 0 Å². The summed E-state index contributed by atoms with van der Waals surface area (Å²) in [6.45, 7) is 1.18. The smallest absolute Gasteiger partial charge is 0.263 e. The van der Waals surface area contributed by atoms with Crippen LogP contribution in [0.15, 0.2) is 30.5 Å². The molecular formula is C28H32FN5O6. The number of hydrogen-bond donors (Lipinski definition) is 4. The number of amides is 1. The van der Waals surface area contributed by atoms with Gasteiger partial charge in [-0.25, -0.2) is 14.4 Å². The summed E-state index contributed by atoms with van der Waals surface area (Å²) in [6, 6.07) is 7.04. The molecule has 11 nitrogen and oxygen atoms in total. The molecule has 6 heterocycles. The van der Waals surface area contributed by atoms with E-state index < -0.39 is 17.5 Å². The largest absolute Gasteiger partial charge is 0.480 e. The molecule has 3 aromatic heterocycles. The molecule has 3 aliphatic heterocycles. The van der Waals surface area contributed by atoms with Gasteiger partial charge in [0.15, 0.2) is 18.2 Å². The predicted octanol–water partition coefficient (Wildman–Crippen LogP) is 2.03. The minimum atomic E-state index is -0.933. The number of aliphatic hydroxyl groups is 2. The fraction of sp³-hybridized carbons (Fsp3) is 0.500. The number of nitrogens with one attached hydrogen (secondary N) is 2. The molecule has 1 atom stereocenters. The molecule has 212 valence electrons. The van der Waals surface area contributed by atoms with Gasteiger partial charge in [-0.3, -0.25) is 9.78 Å². The van der Waals surface area contributed by atoms with Gasteiger partial charge in [0.1, 0.15) is 5.82 Å². The Hall–Kier alpha value is -3.45. The zero-order valence-corrected chi connectivity index (χ0v) is 22.0. The normalized spacial score (nSPS) is 24.3. The van der Waals surface area contributed by atoms with Crippen LogP contribution < -0.4 is 20.1 Å². The predicted molar refractivity (Wildman–Crippen MR) is 141 cm³/mol. The van der Waals surface area contributed by atoms with Crippen LogP contribution in [0.5, 0.6) is 11.6 Å². The molecule has 3 fully saturated rings. The van der Waals surface area contributed by atoms with Gasteiger partial charge in [-0.05, 0) is 43.9 Å². The van der Waals surface area contributed by atoms with Crippen LogP contribution in [0.1, 0.15) is 43.4 Å². The first-order valence-electron chi connectivity index (χ1n) is 13.6. The third-order valence-corrected chi connectivity index (χ3v) is 8.16. The zero-order valence-electron chi connectivity index (χ0n) is 22.0. The van der Waals surface area contributed by atoms with Crippen molar-refractivity contribution >= 4 is 22.8 Å². The van der Waals surface area contributed by atoms with E-state index in [0.29, 0.717) is 60.9 Å². The second kappa shape index (κ2) is 10.8. The standard InChI is InChI=1S/C28H32FN5O6/c29-19-14-30-20-3-5-24(38-11-1-10-35)34-25(20)18(19)12-22(36)28-8-6-27(7-9-28,16-40-28)31-13-17-2-4-21-26(32-17)33-23(37)15-39-21/h2-5,14,22,31,35-36H,1,6-13,15-16H2,(H,32,33,37)/t22-,27?,28?/m0/s1. The average molecular weight is 554 g/mol. The fourth-order valence-electron chi connectivity index (χ4n) is 5.73. The summed E-state index contributed by atoms with van der Waals surface area (Å²) in [6.07, 6.45) is 3.53. The number of nitrogens with zero attached hydrogens (tertiary/aromatic N) is 3. The first-order valence-corrected chi connectivity index (χ1v) is 13.6. The highest BCUT2D eigenvalue weighted by molar-refractivity contribution is 5.94. The number of halogens is 1. The van der Waals surface area contributed by atoms with Crippen molar-refractivity contribution in [2.45, 2.75) is 62.3 Å². The number of pyridine rings is 3. The molecule has 4 N–H and O–H groups in total. The van der Waals surface area contributed by atoms with Gasteiger partial charge in [0.25, 0.3) is 5.91 Å². The Labute approximate surface area is 230 Å². The van der Waals surface area contributed by atoms with Crippen LogP contribution in [0.3, 0.4) is 0 Å². The number of fused-ring (bicyclic) bond motifs is 5. The number of ether oxygens (including phenoxy) is 3. The Morgan fingerprint density at radius 2 is 2.02 bits per heavy atom. The summed E-state index contributed by atoms with van der Waals surface area (Å²) in [7, 11) is 0. The number of aromatic nitrogens is 3. The number of carbonyl (C=O) groups is 1. The van der Waals surface area contributed by atoms with Crippen molar-refractivity contribution in [2.75, 3.05) is 31.7 Å². The molecule has 3 aromatic rings. The van der Waals surface area contributed by atoms with Gasteiger partial charge < -0.3 is 35.1 Å². The summed E-state index contributed by atoms with van der Waals surface area (Å²) < 4.78 is 32.3. The van der Waals surface area contributed by atoms with Crippen molar-refractivity contribution in [3.63, 3.8) is 0 Å². The lowest BCUT2D eigenvalue weighted by Crippen LogP contribution is -2.65. The molecule has 2 bridgehead atoms. The van der Waals surface area contributed by atoms with Gasteiger partial charge in [0.05, 0.1) is 47.8 Å². The second-order valence-electron chi connectivity index (χ2n) is 10.7. The van der Waals surface area contributed by atoms with E-state index in [-0.39, 0.29) is 43.3 Å². The molecule has 12 heteroatoms. The Bertz CT molecular complexity index is 1400. The van der Waals surface area contributed by atoms with Crippen molar-refractivity contribution in [1.29, 1.82) is 0 Å². The molecule has 1 amide bonds. The van der Waals surface area contributed by atoms with Crippen molar-refractivity contribution in [3.8, 4) is 11.6 Å². The van der Waals surface area contributed by atoms with Gasteiger partial charge in [0, 0.05) is 43.2 Å². The van der Waals surface area contributed by atoms with Crippen LogP contribution in [-0.2, 0) is 22.5 Å². The molecule has 0 unspecified atom stereocenters. The topological polar surface area (TPSA) is 148 Å². The van der Waals surface area contributed by atoms with Crippen LogP contribution in [0.25, 0.3) is 11.0 Å². The van der Waals surface area contributed by atoms with Crippen LogP contribution in [0.2, 0.25) is 0 Å². The number of aliphatic hydroxyl groups excluding tert-OH is 2. The fourth-order valence-corrected chi connectivity index (χ4v) is 5.73. The SMILES string of the molecule is O=C1COc2ccc(CNC34CCC([C@@H](O)Cc5c(F)cnc6ccc(OCCCO)nc56)(CC3)OC4)nc2N1. The Morgan fingerprint density at radius 3 is 2.80 bits per heavy atom. The number of rotatable bonds is 10. The Kier molecular flexibility index (Phi) is 7.26. The minimum absolute atomic E-state index is 0.0000831. The maximum absolute atomic E-state index is 15.0. The van der Waals surface area contributed by atoms with Crippen LogP contribution in [0, 0.1) is 5.82 Å². The molecular weight excluding hydrogens is 521 g/mol. The van der Waals surface area contributed by atoms with Gasteiger partial charge in [-0.15, -0.1) is 0 Å². The lowest BCUT2D eigenvalue weighted by atomic mass is 9.68. The van der Waals surface area contributed by atoms with E-state index >= 15 is 0 Å². The lowest BCUT2D eigenvalue weighted by Gasteiger charge is -2.55. The van der Waals surface area contributed by atoms with E-state index in [1.807, 2.05) is 6.07 Å². The number of carbonyl (C=O) groups excluding carboxylic acids is 1. The Balaban J connectivity index is 1.12. The van der Waals surface area contributed by atoms with Gasteiger partial charge >= 0.3 is 0 Å². The van der Waals surface area contributed by atoms with Crippen molar-refractivity contribution in [2.24, 2.45) is 0 Å². The van der Waals surface area contributed by atoms with E-state index in [2.05, 4.69) is 25.6 Å². The van der Waals surface area contributed by atoms with Gasteiger partial charge in [0.2, 0.25) is 5.88 Å². The van der Waals surface area contributed by atoms with E-state index in [1.165, 1.54) is 0 Å². The summed E-state index contributed by atoms with van der Waals surface area (Å²) in [5.41, 5.74) is 0.877. The highest BCUT2D eigenvalue weighted by Gasteiger charge is 2.53. The molecule has 4 aliphatic rings. The number of anilines is 1. The summed E-state index contributed by atoms with van der Waals surface area (Å²) >= 11 is 0. The zero-order chi connectivity index (χ0) is 27.7. The van der Waals surface area contributed by atoms with Crippen LogP contribution in [0.4, 0.5) is 10.2 Å². The van der Waals surface area contributed by atoms with Crippen molar-refractivity contribution in [3.05, 3.63) is 47.5 Å². The van der Waals surface area contributed by atoms with Gasteiger partial charge in [-0.1, -0.05) is 0 Å². The maximum Gasteiger partial charge on any atom is 0.263 e. The third kappa shape index (κ3) is 5.19. The first-order chi connectivity index (χ1) is 19.4. The van der Waals surface area contributed by atoms with E-state index in [9.17, 15) is 14.3 Å². The lowest BCUT2D eigenvalue weighted by molar-refractivity contribution is -0.208. The Morgan fingerprint density at radius 1 is 1.18 bits per heavy atom. The highest BCUT2D eigenvalue weighted by Crippen LogP contribution is 2.46. The second-order valence-corrected chi connectivity index (χ2v) is 10.7. The summed E-state index contributed by atoms with van der Waals surface area (Å²) in [5, 5.41) is 26.7. The third-order valence-electron chi connectivity index (χ3n) is 8.16. The molecule has 2 saturated heterocycles. The molecule has 0 radical (unpaired) electrons. The van der Waals surface area contributed by atoms with E-state index in [0.717, 1.165) is 24.7 Å². The van der Waals surface area contributed by atoms with E-state index in [4.69, 9.17) is 19.3 Å². The quantitative estimate of drug-likeness (QED) is 0.275. The summed E-state index contributed by atoms with van der Waals surface area (Å²) in [4.78, 5) is 24.7. The molecule has 1 aliphatic carbocycles. The van der Waals surface area contributed by atoms with Crippen molar-refractivity contribution in [1.82, 2.24) is 20.3 Å². The number of hydrogen-bond acceptors (Lipinski definition) is 10. The van der Waals surface area contributed by atoms with Gasteiger partial charge in [-0.2, -0.15) is 0 Å². The van der Waals surface area contributed by atoms with Crippen molar-refractivity contribution < 1.29 is 33.6 Å². The monoisotopic (exact) mass is 553 g/mol. The minimum Gasteiger partial charge on any atom is -0.480 e. The molecule has 1 saturated carbocycles. The molecule has 40 heavy (non-hydrogen) atoms. The molecule has 0 spiro atoms. The maximum atomic E-state index is 15.0.